The fourth-order valence-electron chi connectivity index (χ4n) is 7.66. The molecule has 3 aromatic heterocycles. The quantitative estimate of drug-likeness (QED) is 0.205. The van der Waals surface area contributed by atoms with Crippen molar-refractivity contribution in [2.45, 2.75) is 0 Å². The minimum absolute atomic E-state index is 0.694. The van der Waals surface area contributed by atoms with Crippen LogP contribution in [-0.2, 0) is 0 Å². The molecule has 0 bridgehead atoms. The van der Waals surface area contributed by atoms with Gasteiger partial charge in [-0.2, -0.15) is 0 Å². The van der Waals surface area contributed by atoms with E-state index in [9.17, 15) is 0 Å². The highest BCUT2D eigenvalue weighted by Gasteiger charge is 2.26. The number of thiophene rings is 1. The maximum Gasteiger partial charge on any atom is 0.235 e. The van der Waals surface area contributed by atoms with E-state index in [0.29, 0.717) is 5.95 Å². The van der Waals surface area contributed by atoms with Crippen molar-refractivity contribution in [1.82, 2.24) is 14.5 Å². The van der Waals surface area contributed by atoms with Crippen molar-refractivity contribution in [3.63, 3.8) is 0 Å². The number of rotatable bonds is 2. The van der Waals surface area contributed by atoms with Crippen molar-refractivity contribution in [2.24, 2.45) is 0 Å². The number of fused-ring (bicyclic) bond motifs is 3. The van der Waals surface area contributed by atoms with Gasteiger partial charge in [-0.15, -0.1) is 11.3 Å². The largest absolute Gasteiger partial charge is 0.278 e. The topological polar surface area (TPSA) is 30.7 Å². The van der Waals surface area contributed by atoms with Gasteiger partial charge >= 0.3 is 0 Å². The van der Waals surface area contributed by atoms with Gasteiger partial charge < -0.3 is 0 Å². The van der Waals surface area contributed by atoms with Gasteiger partial charge in [-0.1, -0.05) is 91.0 Å². The van der Waals surface area contributed by atoms with Crippen LogP contribution < -0.4 is 0 Å². The van der Waals surface area contributed by atoms with Gasteiger partial charge in [0, 0.05) is 47.3 Å². The Balaban J connectivity index is 1.32. The Morgan fingerprint density at radius 2 is 1.23 bits per heavy atom. The first kappa shape index (κ1) is 22.9. The minimum Gasteiger partial charge on any atom is -0.278 e. The molecule has 1 aliphatic rings. The van der Waals surface area contributed by atoms with Crippen LogP contribution in [0, 0.1) is 0 Å². The molecule has 11 rings (SSSR count). The van der Waals surface area contributed by atoms with Gasteiger partial charge in [-0.3, -0.25) is 4.57 Å². The first-order valence-corrected chi connectivity index (χ1v) is 15.7. The van der Waals surface area contributed by atoms with E-state index in [1.807, 2.05) is 11.3 Å². The van der Waals surface area contributed by atoms with Crippen molar-refractivity contribution < 1.29 is 0 Å². The number of hydrogen-bond acceptors (Lipinski definition) is 3. The van der Waals surface area contributed by atoms with Crippen LogP contribution in [0.1, 0.15) is 0 Å². The second-order valence-corrected chi connectivity index (χ2v) is 12.8. The van der Waals surface area contributed by atoms with Crippen molar-refractivity contribution in [2.75, 3.05) is 0 Å². The summed E-state index contributed by atoms with van der Waals surface area (Å²) in [5.74, 6) is 0.694. The summed E-state index contributed by atoms with van der Waals surface area (Å²) in [6.07, 6.45) is 0. The smallest absolute Gasteiger partial charge is 0.235 e. The van der Waals surface area contributed by atoms with Crippen LogP contribution in [0.5, 0.6) is 0 Å². The van der Waals surface area contributed by atoms with E-state index in [1.165, 1.54) is 63.6 Å². The molecule has 0 radical (unpaired) electrons. The van der Waals surface area contributed by atoms with E-state index in [2.05, 4.69) is 132 Å². The Hall–Kier alpha value is -5.58. The maximum atomic E-state index is 5.39. The molecule has 0 fully saturated rings. The van der Waals surface area contributed by atoms with Crippen LogP contribution in [-0.4, -0.2) is 14.5 Å². The Morgan fingerprint density at radius 3 is 2.18 bits per heavy atom. The molecule has 3 heterocycles. The van der Waals surface area contributed by atoms with Crippen LogP contribution in [0.3, 0.4) is 0 Å². The summed E-state index contributed by atoms with van der Waals surface area (Å²) in [4.78, 5) is 10.6. The third-order valence-electron chi connectivity index (χ3n) is 9.50. The monoisotopic (exact) mass is 575 g/mol. The van der Waals surface area contributed by atoms with Crippen LogP contribution in [0.2, 0.25) is 0 Å². The third kappa shape index (κ3) is 2.81. The molecule has 0 unspecified atom stereocenters. The molecule has 10 aromatic rings. The summed E-state index contributed by atoms with van der Waals surface area (Å²) in [6, 6.07) is 46.1. The van der Waals surface area contributed by atoms with Crippen LogP contribution in [0.25, 0.3) is 103 Å². The fourth-order valence-corrected chi connectivity index (χ4v) is 8.80. The van der Waals surface area contributed by atoms with E-state index in [-0.39, 0.29) is 0 Å². The standard InChI is InChI=1S/C40H21N3S/c1-2-8-24-21-25(16-15-22(24)7-1)39-28-9-3-4-12-29(28)41-40(42-39)43-30-13-5-10-26-27-11-6-14-32-36(27)38-33(44-32)20-18-23-17-19-31(43)37(34(23)38)35(26)30/h1-21H. The summed E-state index contributed by atoms with van der Waals surface area (Å²) < 4.78 is 4.97. The molecule has 0 amide bonds. The number of benzene rings is 7. The maximum absolute atomic E-state index is 5.39. The predicted octanol–water partition coefficient (Wildman–Crippen LogP) is 11.0. The van der Waals surface area contributed by atoms with Gasteiger partial charge in [0.05, 0.1) is 22.2 Å². The number of hydrogen-bond donors (Lipinski definition) is 0. The molecule has 4 heteroatoms. The van der Waals surface area contributed by atoms with E-state index in [4.69, 9.17) is 9.97 Å². The number of para-hydroxylation sites is 1. The molecule has 202 valence electrons. The van der Waals surface area contributed by atoms with E-state index < -0.39 is 0 Å². The van der Waals surface area contributed by atoms with E-state index in [1.54, 1.807) is 0 Å². The average Bonchev–Trinajstić information content (AvgIpc) is 3.59. The van der Waals surface area contributed by atoms with Crippen LogP contribution >= 0.6 is 11.3 Å². The summed E-state index contributed by atoms with van der Waals surface area (Å²) in [5.41, 5.74) is 7.82. The molecular weight excluding hydrogens is 555 g/mol. The second-order valence-electron chi connectivity index (χ2n) is 11.8. The van der Waals surface area contributed by atoms with Crippen molar-refractivity contribution in [3.8, 4) is 28.3 Å². The first-order chi connectivity index (χ1) is 21.8. The highest BCUT2D eigenvalue weighted by atomic mass is 32.1. The highest BCUT2D eigenvalue weighted by molar-refractivity contribution is 7.26. The van der Waals surface area contributed by atoms with Crippen molar-refractivity contribution >= 4 is 85.8 Å². The Morgan fingerprint density at radius 1 is 0.477 bits per heavy atom. The number of nitrogens with zero attached hydrogens (tertiary/aromatic N) is 3. The van der Waals surface area contributed by atoms with Crippen molar-refractivity contribution in [3.05, 3.63) is 127 Å². The highest BCUT2D eigenvalue weighted by Crippen LogP contribution is 2.51. The first-order valence-electron chi connectivity index (χ1n) is 14.9. The summed E-state index contributed by atoms with van der Waals surface area (Å²) in [5, 5.41) is 11.4. The Kier molecular flexibility index (Phi) is 4.21. The third-order valence-corrected chi connectivity index (χ3v) is 10.6. The summed E-state index contributed by atoms with van der Waals surface area (Å²) >= 11 is 1.89. The van der Waals surface area contributed by atoms with E-state index in [0.717, 1.165) is 33.2 Å². The normalized spacial score (nSPS) is 12.5. The average molecular weight is 576 g/mol. The lowest BCUT2D eigenvalue weighted by molar-refractivity contribution is 1.01. The lowest BCUT2D eigenvalue weighted by Crippen LogP contribution is -2.03. The Bertz CT molecular complexity index is 2890. The molecule has 0 N–H and O–H groups in total. The zero-order chi connectivity index (χ0) is 28.5. The molecule has 0 aliphatic heterocycles. The molecule has 44 heavy (non-hydrogen) atoms. The zero-order valence-corrected chi connectivity index (χ0v) is 24.2. The van der Waals surface area contributed by atoms with Gasteiger partial charge in [0.1, 0.15) is 0 Å². The predicted molar refractivity (Wildman–Crippen MR) is 186 cm³/mol. The van der Waals surface area contributed by atoms with Crippen molar-refractivity contribution in [1.29, 1.82) is 0 Å². The summed E-state index contributed by atoms with van der Waals surface area (Å²) in [6.45, 7) is 0. The van der Waals surface area contributed by atoms with Gasteiger partial charge in [-0.25, -0.2) is 9.97 Å². The van der Waals surface area contributed by atoms with E-state index >= 15 is 0 Å². The zero-order valence-electron chi connectivity index (χ0n) is 23.4. The fraction of sp³-hybridized carbons (Fsp3) is 0. The molecule has 0 saturated heterocycles. The second kappa shape index (κ2) is 8.07. The molecule has 1 aliphatic carbocycles. The van der Waals surface area contributed by atoms with Crippen LogP contribution in [0.4, 0.5) is 0 Å². The molecule has 0 spiro atoms. The SMILES string of the molecule is c1ccc2cc(-c3nc(-n4c5cccc6c5c5c7c(ccc8sc9cccc-6c9c87)ccc54)nc4ccccc34)ccc2c1. The molecule has 0 atom stereocenters. The van der Waals surface area contributed by atoms with Crippen LogP contribution in [0.15, 0.2) is 127 Å². The minimum atomic E-state index is 0.694. The molecule has 7 aromatic carbocycles. The molecule has 3 nitrogen and oxygen atoms in total. The molecule has 0 saturated carbocycles. The summed E-state index contributed by atoms with van der Waals surface area (Å²) in [7, 11) is 0. The lowest BCUT2D eigenvalue weighted by atomic mass is 9.98. The van der Waals surface area contributed by atoms with Gasteiger partial charge in [0.15, 0.2) is 0 Å². The number of aromatic nitrogens is 3. The van der Waals surface area contributed by atoms with Gasteiger partial charge in [0.25, 0.3) is 0 Å². The Labute approximate surface area is 255 Å². The lowest BCUT2D eigenvalue weighted by Gasteiger charge is -2.13. The van der Waals surface area contributed by atoms with Gasteiger partial charge in [-0.05, 0) is 63.7 Å². The molecular formula is C40H21N3S. The van der Waals surface area contributed by atoms with Gasteiger partial charge in [0.2, 0.25) is 5.95 Å².